The number of nitro benzene ring substituents is 1. The lowest BCUT2D eigenvalue weighted by atomic mass is 10.1. The average molecular weight is 298 g/mol. The lowest BCUT2D eigenvalue weighted by Gasteiger charge is -2.05. The van der Waals surface area contributed by atoms with Gasteiger partial charge in [-0.15, -0.1) is 0 Å². The number of hydrogen-bond acceptors (Lipinski definition) is 5. The molecule has 0 amide bonds. The van der Waals surface area contributed by atoms with Gasteiger partial charge in [-0.25, -0.2) is 4.79 Å². The molecule has 2 aromatic carbocycles. The maximum Gasteiger partial charge on any atom is 0.340 e. The number of esters is 1. The number of rotatable bonds is 5. The van der Waals surface area contributed by atoms with Crippen molar-refractivity contribution >= 4 is 23.4 Å². The van der Waals surface area contributed by atoms with Crippen LogP contribution in [0.2, 0.25) is 0 Å². The smallest absolute Gasteiger partial charge is 0.340 e. The summed E-state index contributed by atoms with van der Waals surface area (Å²) in [5, 5.41) is 10.7. The first kappa shape index (κ1) is 15.2. The molecule has 22 heavy (non-hydrogen) atoms. The van der Waals surface area contributed by atoms with Gasteiger partial charge < -0.3 is 10.5 Å². The molecule has 0 aliphatic carbocycles. The van der Waals surface area contributed by atoms with E-state index in [0.717, 1.165) is 11.6 Å². The van der Waals surface area contributed by atoms with E-state index in [2.05, 4.69) is 0 Å². The Kier molecular flexibility index (Phi) is 4.87. The predicted octanol–water partition coefficient (Wildman–Crippen LogP) is 3.05. The van der Waals surface area contributed by atoms with Crippen LogP contribution in [0.5, 0.6) is 0 Å². The van der Waals surface area contributed by atoms with Gasteiger partial charge in [0, 0.05) is 17.8 Å². The molecule has 0 radical (unpaired) electrons. The van der Waals surface area contributed by atoms with Crippen LogP contribution in [0.3, 0.4) is 0 Å². The molecule has 112 valence electrons. The van der Waals surface area contributed by atoms with E-state index in [9.17, 15) is 14.9 Å². The molecule has 2 rings (SSSR count). The van der Waals surface area contributed by atoms with Gasteiger partial charge in [0.05, 0.1) is 10.5 Å². The molecule has 0 bridgehead atoms. The fraction of sp³-hybridized carbons (Fsp3) is 0.0625. The molecular weight excluding hydrogens is 284 g/mol. The van der Waals surface area contributed by atoms with Gasteiger partial charge in [-0.2, -0.15) is 0 Å². The fourth-order valence-electron chi connectivity index (χ4n) is 1.78. The second-order valence-electron chi connectivity index (χ2n) is 4.44. The van der Waals surface area contributed by atoms with E-state index in [1.165, 1.54) is 12.1 Å². The highest BCUT2D eigenvalue weighted by molar-refractivity contribution is 5.95. The van der Waals surface area contributed by atoms with Crippen LogP contribution in [0.15, 0.2) is 54.6 Å². The van der Waals surface area contributed by atoms with E-state index in [1.807, 2.05) is 36.4 Å². The van der Waals surface area contributed by atoms with Crippen molar-refractivity contribution in [3.8, 4) is 0 Å². The minimum Gasteiger partial charge on any atom is -0.458 e. The highest BCUT2D eigenvalue weighted by Gasteiger charge is 2.16. The molecule has 6 nitrogen and oxygen atoms in total. The normalized spacial score (nSPS) is 10.5. The highest BCUT2D eigenvalue weighted by Crippen LogP contribution is 2.20. The zero-order chi connectivity index (χ0) is 15.9. The summed E-state index contributed by atoms with van der Waals surface area (Å²) in [6.07, 6.45) is 3.49. The Hall–Kier alpha value is -3.15. The summed E-state index contributed by atoms with van der Waals surface area (Å²) in [5.74, 6) is -0.695. The van der Waals surface area contributed by atoms with E-state index < -0.39 is 10.9 Å². The monoisotopic (exact) mass is 298 g/mol. The van der Waals surface area contributed by atoms with Crippen molar-refractivity contribution in [1.29, 1.82) is 0 Å². The molecule has 2 aromatic rings. The molecule has 0 aliphatic rings. The molecule has 0 saturated heterocycles. The van der Waals surface area contributed by atoms with E-state index in [0.29, 0.717) is 0 Å². The summed E-state index contributed by atoms with van der Waals surface area (Å²) in [4.78, 5) is 22.0. The number of non-ortho nitro benzene ring substituents is 1. The number of nitrogens with two attached hydrogens (primary N) is 1. The highest BCUT2D eigenvalue weighted by atomic mass is 16.6. The fourth-order valence-corrected chi connectivity index (χ4v) is 1.78. The van der Waals surface area contributed by atoms with Gasteiger partial charge in [-0.05, 0) is 17.7 Å². The summed E-state index contributed by atoms with van der Waals surface area (Å²) in [6, 6.07) is 13.2. The standard InChI is InChI=1S/C16H14N2O4/c17-15-9-8-13(18(20)21)11-14(15)16(19)22-10-4-7-12-5-2-1-3-6-12/h1-9,11H,10,17H2/b7-4+. The molecule has 0 aromatic heterocycles. The Morgan fingerprint density at radius 1 is 1.23 bits per heavy atom. The van der Waals surface area contributed by atoms with Gasteiger partial charge in [0.2, 0.25) is 0 Å². The van der Waals surface area contributed by atoms with Gasteiger partial charge in [-0.3, -0.25) is 10.1 Å². The molecule has 0 saturated carbocycles. The summed E-state index contributed by atoms with van der Waals surface area (Å²) >= 11 is 0. The van der Waals surface area contributed by atoms with E-state index in [1.54, 1.807) is 6.08 Å². The summed E-state index contributed by atoms with van der Waals surface area (Å²) in [6.45, 7) is 0.0514. The number of benzene rings is 2. The lowest BCUT2D eigenvalue weighted by Crippen LogP contribution is -2.09. The number of carbonyl (C=O) groups is 1. The maximum atomic E-state index is 11.9. The summed E-state index contributed by atoms with van der Waals surface area (Å²) in [7, 11) is 0. The van der Waals surface area contributed by atoms with E-state index in [4.69, 9.17) is 10.5 Å². The SMILES string of the molecule is Nc1ccc([N+](=O)[O-])cc1C(=O)OC/C=C/c1ccccc1. The maximum absolute atomic E-state index is 11.9. The van der Waals surface area contributed by atoms with Crippen LogP contribution >= 0.6 is 0 Å². The van der Waals surface area contributed by atoms with Crippen LogP contribution in [0.1, 0.15) is 15.9 Å². The zero-order valence-electron chi connectivity index (χ0n) is 11.6. The number of nitro groups is 1. The molecule has 0 atom stereocenters. The minimum absolute atomic E-state index is 0.0117. The first-order chi connectivity index (χ1) is 10.6. The number of hydrogen-bond donors (Lipinski definition) is 1. The van der Waals surface area contributed by atoms with Crippen molar-refractivity contribution in [2.45, 2.75) is 0 Å². The quantitative estimate of drug-likeness (QED) is 0.396. The topological polar surface area (TPSA) is 95.5 Å². The van der Waals surface area contributed by atoms with Crippen molar-refractivity contribution in [3.63, 3.8) is 0 Å². The van der Waals surface area contributed by atoms with Crippen LogP contribution < -0.4 is 5.73 Å². The van der Waals surface area contributed by atoms with Crippen molar-refractivity contribution in [2.24, 2.45) is 0 Å². The Morgan fingerprint density at radius 3 is 2.64 bits per heavy atom. The van der Waals surface area contributed by atoms with Gasteiger partial charge in [0.25, 0.3) is 5.69 Å². The third-order valence-electron chi connectivity index (χ3n) is 2.89. The average Bonchev–Trinajstić information content (AvgIpc) is 2.52. The first-order valence-electron chi connectivity index (χ1n) is 6.50. The Bertz CT molecular complexity index is 711. The number of carbonyl (C=O) groups excluding carboxylic acids is 1. The van der Waals surface area contributed by atoms with Crippen LogP contribution in [0.25, 0.3) is 6.08 Å². The third-order valence-corrected chi connectivity index (χ3v) is 2.89. The largest absolute Gasteiger partial charge is 0.458 e. The Labute approximate surface area is 127 Å². The van der Waals surface area contributed by atoms with Crippen LogP contribution in [-0.2, 0) is 4.74 Å². The number of anilines is 1. The van der Waals surface area contributed by atoms with Gasteiger partial charge in [0.1, 0.15) is 6.61 Å². The lowest BCUT2D eigenvalue weighted by molar-refractivity contribution is -0.384. The van der Waals surface area contributed by atoms with E-state index in [-0.39, 0.29) is 23.5 Å². The predicted molar refractivity (Wildman–Crippen MR) is 83.3 cm³/mol. The van der Waals surface area contributed by atoms with Crippen molar-refractivity contribution < 1.29 is 14.5 Å². The van der Waals surface area contributed by atoms with Gasteiger partial charge >= 0.3 is 5.97 Å². The van der Waals surface area contributed by atoms with Crippen LogP contribution in [0, 0.1) is 10.1 Å². The molecule has 0 heterocycles. The van der Waals surface area contributed by atoms with Crippen molar-refractivity contribution in [3.05, 3.63) is 75.8 Å². The second kappa shape index (κ2) is 7.03. The van der Waals surface area contributed by atoms with E-state index >= 15 is 0 Å². The number of nitrogens with zero attached hydrogens (tertiary/aromatic N) is 1. The number of nitrogen functional groups attached to an aromatic ring is 1. The molecular formula is C16H14N2O4. The van der Waals surface area contributed by atoms with Crippen LogP contribution in [-0.4, -0.2) is 17.5 Å². The second-order valence-corrected chi connectivity index (χ2v) is 4.44. The molecule has 0 unspecified atom stereocenters. The molecule has 2 N–H and O–H groups in total. The molecule has 0 aliphatic heterocycles. The number of ether oxygens (including phenoxy) is 1. The minimum atomic E-state index is -0.695. The molecule has 0 fully saturated rings. The van der Waals surface area contributed by atoms with Gasteiger partial charge in [0.15, 0.2) is 0 Å². The summed E-state index contributed by atoms with van der Waals surface area (Å²) < 4.78 is 5.04. The van der Waals surface area contributed by atoms with Gasteiger partial charge in [-0.1, -0.05) is 36.4 Å². The first-order valence-corrected chi connectivity index (χ1v) is 6.50. The Balaban J connectivity index is 1.99. The van der Waals surface area contributed by atoms with Crippen molar-refractivity contribution in [2.75, 3.05) is 12.3 Å². The Morgan fingerprint density at radius 2 is 1.95 bits per heavy atom. The third kappa shape index (κ3) is 3.92. The summed E-state index contributed by atoms with van der Waals surface area (Å²) in [5.41, 5.74) is 6.55. The molecule has 0 spiro atoms. The molecule has 6 heteroatoms. The van der Waals surface area contributed by atoms with Crippen molar-refractivity contribution in [1.82, 2.24) is 0 Å². The van der Waals surface area contributed by atoms with Crippen LogP contribution in [0.4, 0.5) is 11.4 Å². The zero-order valence-corrected chi connectivity index (χ0v) is 11.6.